The van der Waals surface area contributed by atoms with Crippen molar-refractivity contribution in [2.75, 3.05) is 12.3 Å². The summed E-state index contributed by atoms with van der Waals surface area (Å²) in [6.07, 6.45) is 2.70. The van der Waals surface area contributed by atoms with Crippen LogP contribution in [-0.4, -0.2) is 47.4 Å². The lowest BCUT2D eigenvalue weighted by Crippen LogP contribution is -2.52. The minimum absolute atomic E-state index is 0.179. The van der Waals surface area contributed by atoms with Crippen LogP contribution in [0.2, 0.25) is 0 Å². The van der Waals surface area contributed by atoms with E-state index >= 15 is 0 Å². The molecule has 0 saturated heterocycles. The molecular formula is C13H27N3O3S. The smallest absolute Gasteiger partial charge is 0.326 e. The molecule has 0 bridgehead atoms. The molecule has 0 aliphatic rings. The second kappa shape index (κ2) is 10.9. The van der Waals surface area contributed by atoms with Gasteiger partial charge in [0.2, 0.25) is 5.91 Å². The van der Waals surface area contributed by atoms with Crippen LogP contribution in [0.3, 0.4) is 0 Å². The van der Waals surface area contributed by atoms with Crippen LogP contribution in [0.25, 0.3) is 0 Å². The first kappa shape index (κ1) is 19.2. The van der Waals surface area contributed by atoms with Gasteiger partial charge >= 0.3 is 5.97 Å². The lowest BCUT2D eigenvalue weighted by Gasteiger charge is -2.22. The van der Waals surface area contributed by atoms with Crippen LogP contribution in [0.1, 0.15) is 39.5 Å². The Bertz CT molecular complexity index is 303. The fourth-order valence-electron chi connectivity index (χ4n) is 1.70. The van der Waals surface area contributed by atoms with Gasteiger partial charge in [-0.05, 0) is 39.2 Å². The number of nitrogens with two attached hydrogens (primary N) is 1. The number of unbranched alkanes of at least 4 members (excludes halogenated alkanes) is 1. The van der Waals surface area contributed by atoms with Crippen LogP contribution in [0.15, 0.2) is 0 Å². The molecule has 118 valence electrons. The van der Waals surface area contributed by atoms with Gasteiger partial charge in [0, 0.05) is 11.8 Å². The molecule has 6 nitrogen and oxygen atoms in total. The number of aliphatic carboxylic acids is 1. The van der Waals surface area contributed by atoms with Crippen LogP contribution < -0.4 is 16.4 Å². The Kier molecular flexibility index (Phi) is 10.5. The van der Waals surface area contributed by atoms with Gasteiger partial charge in [0.1, 0.15) is 6.04 Å². The van der Waals surface area contributed by atoms with E-state index in [1.807, 2.05) is 13.8 Å². The number of hydrogen-bond donors (Lipinski definition) is 5. The molecule has 0 aromatic heterocycles. The molecule has 7 heteroatoms. The third kappa shape index (κ3) is 7.72. The Morgan fingerprint density at radius 3 is 2.40 bits per heavy atom. The highest BCUT2D eigenvalue weighted by Gasteiger charge is 2.24. The molecule has 0 radical (unpaired) electrons. The number of carboxylic acids is 1. The number of nitrogens with one attached hydrogen (secondary N) is 2. The quantitative estimate of drug-likeness (QED) is 0.280. The van der Waals surface area contributed by atoms with Crippen molar-refractivity contribution in [1.29, 1.82) is 0 Å². The van der Waals surface area contributed by atoms with Crippen LogP contribution in [0.5, 0.6) is 0 Å². The van der Waals surface area contributed by atoms with Gasteiger partial charge in [0.15, 0.2) is 0 Å². The second-order valence-corrected chi connectivity index (χ2v) is 5.26. The summed E-state index contributed by atoms with van der Waals surface area (Å²) in [5, 5.41) is 14.8. The van der Waals surface area contributed by atoms with Gasteiger partial charge in [-0.1, -0.05) is 6.92 Å². The Balaban J connectivity index is 4.43. The van der Waals surface area contributed by atoms with Crippen molar-refractivity contribution >= 4 is 24.5 Å². The molecule has 1 unspecified atom stereocenters. The van der Waals surface area contributed by atoms with Crippen LogP contribution in [-0.2, 0) is 9.59 Å². The fourth-order valence-corrected chi connectivity index (χ4v) is 1.97. The van der Waals surface area contributed by atoms with Gasteiger partial charge in [-0.2, -0.15) is 12.6 Å². The number of carboxylic acid groups (broad SMARTS) is 1. The Morgan fingerprint density at radius 2 is 1.95 bits per heavy atom. The summed E-state index contributed by atoms with van der Waals surface area (Å²) in [6.45, 7) is 4.51. The summed E-state index contributed by atoms with van der Waals surface area (Å²) < 4.78 is 0. The maximum absolute atomic E-state index is 12.1. The molecule has 0 saturated carbocycles. The molecule has 0 aliphatic heterocycles. The summed E-state index contributed by atoms with van der Waals surface area (Å²) in [7, 11) is 0. The molecule has 0 aromatic carbocycles. The summed E-state index contributed by atoms with van der Waals surface area (Å²) in [5.41, 5.74) is 5.38. The predicted molar refractivity (Wildman–Crippen MR) is 83.0 cm³/mol. The van der Waals surface area contributed by atoms with E-state index < -0.39 is 18.1 Å². The minimum Gasteiger partial charge on any atom is -0.480 e. The summed E-state index contributed by atoms with van der Waals surface area (Å²) in [6, 6.07) is -1.17. The SMILES string of the molecule is CCC(C)N[C@H](CS)C(=O)N[C@@H](CCCCN)C(=O)O. The van der Waals surface area contributed by atoms with Crippen molar-refractivity contribution in [2.24, 2.45) is 5.73 Å². The van der Waals surface area contributed by atoms with Gasteiger partial charge in [0.05, 0.1) is 6.04 Å². The van der Waals surface area contributed by atoms with Crippen molar-refractivity contribution in [2.45, 2.75) is 57.7 Å². The number of amides is 1. The van der Waals surface area contributed by atoms with E-state index in [1.165, 1.54) is 0 Å². The topological polar surface area (TPSA) is 104 Å². The molecule has 0 heterocycles. The maximum atomic E-state index is 12.1. The van der Waals surface area contributed by atoms with Gasteiger partial charge < -0.3 is 21.5 Å². The average Bonchev–Trinajstić information content (AvgIpc) is 2.42. The van der Waals surface area contributed by atoms with Gasteiger partial charge in [-0.15, -0.1) is 0 Å². The summed E-state index contributed by atoms with van der Waals surface area (Å²) in [4.78, 5) is 23.2. The summed E-state index contributed by atoms with van der Waals surface area (Å²) in [5.74, 6) is -1.01. The first-order chi connectivity index (χ1) is 9.46. The third-order valence-electron chi connectivity index (χ3n) is 3.16. The molecule has 5 N–H and O–H groups in total. The molecule has 20 heavy (non-hydrogen) atoms. The second-order valence-electron chi connectivity index (χ2n) is 4.89. The van der Waals surface area contributed by atoms with Gasteiger partial charge in [-0.3, -0.25) is 4.79 Å². The van der Waals surface area contributed by atoms with E-state index in [2.05, 4.69) is 23.3 Å². The largest absolute Gasteiger partial charge is 0.480 e. The molecule has 0 fully saturated rings. The lowest BCUT2D eigenvalue weighted by molar-refractivity contribution is -0.142. The van der Waals surface area contributed by atoms with E-state index in [0.717, 1.165) is 12.8 Å². The van der Waals surface area contributed by atoms with Crippen molar-refractivity contribution in [3.8, 4) is 0 Å². The zero-order chi connectivity index (χ0) is 15.5. The van der Waals surface area contributed by atoms with E-state index in [4.69, 9.17) is 10.8 Å². The van der Waals surface area contributed by atoms with E-state index in [1.54, 1.807) is 0 Å². The van der Waals surface area contributed by atoms with Crippen molar-refractivity contribution in [3.63, 3.8) is 0 Å². The van der Waals surface area contributed by atoms with E-state index in [-0.39, 0.29) is 11.9 Å². The van der Waals surface area contributed by atoms with Gasteiger partial charge in [0.25, 0.3) is 0 Å². The van der Waals surface area contributed by atoms with Crippen LogP contribution in [0, 0.1) is 0 Å². The first-order valence-corrected chi connectivity index (χ1v) is 7.69. The Hall–Kier alpha value is -0.790. The predicted octanol–water partition coefficient (Wildman–Crippen LogP) is 0.371. The highest BCUT2D eigenvalue weighted by atomic mass is 32.1. The number of carbonyl (C=O) groups excluding carboxylic acids is 1. The molecule has 0 rings (SSSR count). The monoisotopic (exact) mass is 305 g/mol. The fraction of sp³-hybridized carbons (Fsp3) is 0.846. The molecule has 0 aromatic rings. The minimum atomic E-state index is -1.02. The molecule has 3 atom stereocenters. The zero-order valence-corrected chi connectivity index (χ0v) is 13.2. The van der Waals surface area contributed by atoms with Gasteiger partial charge in [-0.25, -0.2) is 4.79 Å². The van der Waals surface area contributed by atoms with Crippen LogP contribution >= 0.6 is 12.6 Å². The molecule has 0 aliphatic carbocycles. The summed E-state index contributed by atoms with van der Waals surface area (Å²) >= 11 is 4.14. The normalized spacial score (nSPS) is 15.4. The first-order valence-electron chi connectivity index (χ1n) is 7.06. The lowest BCUT2D eigenvalue weighted by atomic mass is 10.1. The highest BCUT2D eigenvalue weighted by molar-refractivity contribution is 7.80. The van der Waals surface area contributed by atoms with E-state index in [9.17, 15) is 9.59 Å². The van der Waals surface area contributed by atoms with E-state index in [0.29, 0.717) is 25.1 Å². The van der Waals surface area contributed by atoms with Crippen LogP contribution in [0.4, 0.5) is 0 Å². The van der Waals surface area contributed by atoms with Crippen molar-refractivity contribution < 1.29 is 14.7 Å². The number of thiol groups is 1. The Labute approximate surface area is 126 Å². The molecule has 0 spiro atoms. The number of hydrogen-bond acceptors (Lipinski definition) is 5. The van der Waals surface area contributed by atoms with Crippen molar-refractivity contribution in [3.05, 3.63) is 0 Å². The maximum Gasteiger partial charge on any atom is 0.326 e. The zero-order valence-electron chi connectivity index (χ0n) is 12.3. The molecule has 1 amide bonds. The highest BCUT2D eigenvalue weighted by Crippen LogP contribution is 2.03. The average molecular weight is 305 g/mol. The number of rotatable bonds is 11. The number of carbonyl (C=O) groups is 2. The third-order valence-corrected chi connectivity index (χ3v) is 3.52. The van der Waals surface area contributed by atoms with Crippen molar-refractivity contribution in [1.82, 2.24) is 10.6 Å². The Morgan fingerprint density at radius 1 is 1.30 bits per heavy atom. The molecular weight excluding hydrogens is 278 g/mol. The standard InChI is InChI=1S/C13H27N3O3S/c1-3-9(2)15-11(8-20)12(17)16-10(13(18)19)6-4-5-7-14/h9-11,15,20H,3-8,14H2,1-2H3,(H,16,17)(H,18,19)/t9?,10-,11+/m0/s1.